The van der Waals surface area contributed by atoms with Crippen molar-refractivity contribution in [2.45, 2.75) is 33.2 Å². The van der Waals surface area contributed by atoms with Crippen molar-refractivity contribution in [2.24, 2.45) is 7.05 Å². The Balaban J connectivity index is 1.83. The SMILES string of the molecule is C=CCN(Cc1cc(Br)ccc1F)C(=O)CCc1c(C)nc2c(c(OC)nn2C)c1C. The second-order valence-corrected chi connectivity index (χ2v) is 8.35. The highest BCUT2D eigenvalue weighted by Crippen LogP contribution is 2.30. The van der Waals surface area contributed by atoms with Crippen LogP contribution in [-0.4, -0.2) is 39.2 Å². The van der Waals surface area contributed by atoms with Crippen LogP contribution >= 0.6 is 15.9 Å². The van der Waals surface area contributed by atoms with Crippen LogP contribution in [-0.2, 0) is 24.8 Å². The number of methoxy groups -OCH3 is 1. The van der Waals surface area contributed by atoms with Crippen LogP contribution in [0.4, 0.5) is 4.39 Å². The number of carbonyl (C=O) groups is 1. The number of nitrogens with zero attached hydrogens (tertiary/aromatic N) is 4. The third-order valence-corrected chi connectivity index (χ3v) is 5.87. The number of hydrogen-bond donors (Lipinski definition) is 0. The molecule has 164 valence electrons. The minimum atomic E-state index is -0.338. The fourth-order valence-corrected chi connectivity index (χ4v) is 4.19. The lowest BCUT2D eigenvalue weighted by Crippen LogP contribution is -2.31. The standard InChI is InChI=1S/C23H26BrFN4O2/c1-6-11-29(13-16-12-17(24)7-9-19(16)25)20(30)10-8-18-14(2)21-22(26-15(18)3)28(4)27-23(21)31-5/h6-7,9,12H,1,8,10-11,13H2,2-5H3. The summed E-state index contributed by atoms with van der Waals surface area (Å²) in [4.78, 5) is 19.3. The van der Waals surface area contributed by atoms with Crippen molar-refractivity contribution in [1.29, 1.82) is 0 Å². The smallest absolute Gasteiger partial charge is 0.242 e. The maximum Gasteiger partial charge on any atom is 0.242 e. The highest BCUT2D eigenvalue weighted by atomic mass is 79.9. The van der Waals surface area contributed by atoms with Crippen LogP contribution in [0.2, 0.25) is 0 Å². The first-order valence-corrected chi connectivity index (χ1v) is 10.8. The summed E-state index contributed by atoms with van der Waals surface area (Å²) in [6.45, 7) is 8.20. The molecule has 2 heterocycles. The Morgan fingerprint density at radius 3 is 2.81 bits per heavy atom. The maximum absolute atomic E-state index is 14.2. The van der Waals surface area contributed by atoms with Gasteiger partial charge in [-0.25, -0.2) is 14.1 Å². The fourth-order valence-electron chi connectivity index (χ4n) is 3.78. The molecular formula is C23H26BrFN4O2. The number of benzene rings is 1. The molecule has 6 nitrogen and oxygen atoms in total. The van der Waals surface area contributed by atoms with Crippen molar-refractivity contribution in [2.75, 3.05) is 13.7 Å². The summed E-state index contributed by atoms with van der Waals surface area (Å²) < 4.78 is 22.1. The molecule has 0 saturated carbocycles. The number of fused-ring (bicyclic) bond motifs is 1. The zero-order chi connectivity index (χ0) is 22.7. The van der Waals surface area contributed by atoms with E-state index in [4.69, 9.17) is 4.74 Å². The van der Waals surface area contributed by atoms with E-state index in [9.17, 15) is 9.18 Å². The molecule has 0 fully saturated rings. The molecule has 0 N–H and O–H groups in total. The predicted molar refractivity (Wildman–Crippen MR) is 123 cm³/mol. The Hall–Kier alpha value is -2.74. The normalized spacial score (nSPS) is 11.0. The number of hydrogen-bond acceptors (Lipinski definition) is 4. The summed E-state index contributed by atoms with van der Waals surface area (Å²) in [7, 11) is 3.41. The number of ether oxygens (including phenoxy) is 1. The molecule has 0 unspecified atom stereocenters. The summed E-state index contributed by atoms with van der Waals surface area (Å²) in [5.74, 6) is 0.111. The maximum atomic E-state index is 14.2. The second kappa shape index (κ2) is 9.60. The first-order chi connectivity index (χ1) is 14.8. The number of rotatable bonds is 8. The Kier molecular flexibility index (Phi) is 7.10. The molecule has 0 aliphatic heterocycles. The average molecular weight is 489 g/mol. The molecule has 0 atom stereocenters. The molecule has 3 aromatic rings. The largest absolute Gasteiger partial charge is 0.479 e. The Bertz CT molecular complexity index is 1140. The second-order valence-electron chi connectivity index (χ2n) is 7.43. The summed E-state index contributed by atoms with van der Waals surface area (Å²) in [6, 6.07) is 4.73. The molecule has 0 radical (unpaired) electrons. The Morgan fingerprint density at radius 1 is 1.39 bits per heavy atom. The van der Waals surface area contributed by atoms with Gasteiger partial charge < -0.3 is 9.64 Å². The summed E-state index contributed by atoms with van der Waals surface area (Å²) in [5, 5.41) is 5.23. The molecule has 2 aromatic heterocycles. The Morgan fingerprint density at radius 2 is 2.13 bits per heavy atom. The van der Waals surface area contributed by atoms with Gasteiger partial charge in [0.05, 0.1) is 12.5 Å². The van der Waals surface area contributed by atoms with Crippen molar-refractivity contribution in [3.8, 4) is 5.88 Å². The molecule has 0 saturated heterocycles. The number of halogens is 2. The predicted octanol–water partition coefficient (Wildman–Crippen LogP) is 4.64. The molecule has 0 spiro atoms. The summed E-state index contributed by atoms with van der Waals surface area (Å²) in [5.41, 5.74) is 4.07. The zero-order valence-electron chi connectivity index (χ0n) is 18.2. The quantitative estimate of drug-likeness (QED) is 0.433. The number of pyridine rings is 1. The molecule has 0 aliphatic carbocycles. The van der Waals surface area contributed by atoms with Crippen LogP contribution in [0.15, 0.2) is 35.3 Å². The number of aromatic nitrogens is 3. The van der Waals surface area contributed by atoms with Gasteiger partial charge in [-0.05, 0) is 49.6 Å². The van der Waals surface area contributed by atoms with Crippen molar-refractivity contribution in [3.05, 3.63) is 63.5 Å². The average Bonchev–Trinajstić information content (AvgIpc) is 3.05. The minimum Gasteiger partial charge on any atom is -0.479 e. The number of amides is 1. The molecule has 0 bridgehead atoms. The van der Waals surface area contributed by atoms with Crippen molar-refractivity contribution in [1.82, 2.24) is 19.7 Å². The lowest BCUT2D eigenvalue weighted by Gasteiger charge is -2.22. The fraction of sp³-hybridized carbons (Fsp3) is 0.348. The van der Waals surface area contributed by atoms with E-state index in [1.54, 1.807) is 34.9 Å². The van der Waals surface area contributed by atoms with Crippen LogP contribution in [0, 0.1) is 19.7 Å². The van der Waals surface area contributed by atoms with Gasteiger partial charge in [0.25, 0.3) is 0 Å². The minimum absolute atomic E-state index is 0.0728. The van der Waals surface area contributed by atoms with Gasteiger partial charge in [-0.3, -0.25) is 4.79 Å². The zero-order valence-corrected chi connectivity index (χ0v) is 19.8. The number of carbonyl (C=O) groups excluding carboxylic acids is 1. The van der Waals surface area contributed by atoms with Crippen LogP contribution in [0.1, 0.15) is 28.8 Å². The van der Waals surface area contributed by atoms with E-state index < -0.39 is 0 Å². The lowest BCUT2D eigenvalue weighted by molar-refractivity contribution is -0.131. The van der Waals surface area contributed by atoms with Gasteiger partial charge in [0.15, 0.2) is 5.65 Å². The molecule has 3 rings (SSSR count). The van der Waals surface area contributed by atoms with E-state index >= 15 is 0 Å². The highest BCUT2D eigenvalue weighted by Gasteiger charge is 2.20. The van der Waals surface area contributed by atoms with E-state index in [-0.39, 0.29) is 24.7 Å². The topological polar surface area (TPSA) is 60.3 Å². The first-order valence-electron chi connectivity index (χ1n) is 9.96. The van der Waals surface area contributed by atoms with E-state index in [1.807, 2.05) is 20.9 Å². The molecule has 0 aliphatic rings. The molecular weight excluding hydrogens is 463 g/mol. The van der Waals surface area contributed by atoms with Crippen LogP contribution < -0.4 is 4.74 Å². The van der Waals surface area contributed by atoms with E-state index in [1.165, 1.54) is 6.07 Å². The third kappa shape index (κ3) is 4.79. The summed E-state index contributed by atoms with van der Waals surface area (Å²) >= 11 is 3.36. The number of aryl methyl sites for hydroxylation is 3. The third-order valence-electron chi connectivity index (χ3n) is 5.38. The highest BCUT2D eigenvalue weighted by molar-refractivity contribution is 9.10. The first kappa shape index (κ1) is 22.9. The van der Waals surface area contributed by atoms with Crippen LogP contribution in [0.25, 0.3) is 11.0 Å². The van der Waals surface area contributed by atoms with Gasteiger partial charge in [-0.2, -0.15) is 0 Å². The molecule has 1 aromatic carbocycles. The molecule has 31 heavy (non-hydrogen) atoms. The van der Waals surface area contributed by atoms with Gasteiger partial charge in [-0.15, -0.1) is 11.7 Å². The van der Waals surface area contributed by atoms with Gasteiger partial charge >= 0.3 is 0 Å². The van der Waals surface area contributed by atoms with E-state index in [0.29, 0.717) is 24.4 Å². The van der Waals surface area contributed by atoms with Crippen molar-refractivity contribution < 1.29 is 13.9 Å². The van der Waals surface area contributed by atoms with Crippen molar-refractivity contribution >= 4 is 32.9 Å². The monoisotopic (exact) mass is 488 g/mol. The van der Waals surface area contributed by atoms with Crippen LogP contribution in [0.3, 0.4) is 0 Å². The van der Waals surface area contributed by atoms with Crippen molar-refractivity contribution in [3.63, 3.8) is 0 Å². The summed E-state index contributed by atoms with van der Waals surface area (Å²) in [6.07, 6.45) is 2.45. The van der Waals surface area contributed by atoms with Gasteiger partial charge in [0, 0.05) is 42.3 Å². The van der Waals surface area contributed by atoms with E-state index in [2.05, 4.69) is 32.6 Å². The van der Waals surface area contributed by atoms with Gasteiger partial charge in [-0.1, -0.05) is 22.0 Å². The van der Waals surface area contributed by atoms with Gasteiger partial charge in [0.1, 0.15) is 5.82 Å². The van der Waals surface area contributed by atoms with Gasteiger partial charge in [0.2, 0.25) is 11.8 Å². The lowest BCUT2D eigenvalue weighted by atomic mass is 10.00. The van der Waals surface area contributed by atoms with Crippen LogP contribution in [0.5, 0.6) is 5.88 Å². The molecule has 1 amide bonds. The Labute approximate surface area is 189 Å². The molecule has 8 heteroatoms. The van der Waals surface area contributed by atoms with E-state index in [0.717, 1.165) is 32.3 Å².